The Morgan fingerprint density at radius 2 is 1.91 bits per heavy atom. The lowest BCUT2D eigenvalue weighted by atomic mass is 9.80. The lowest BCUT2D eigenvalue weighted by molar-refractivity contribution is -0.124. The second-order valence-electron chi connectivity index (χ2n) is 10.4. The van der Waals surface area contributed by atoms with Crippen molar-refractivity contribution < 1.29 is 9.59 Å². The van der Waals surface area contributed by atoms with Crippen LogP contribution in [0.4, 0.5) is 0 Å². The minimum absolute atomic E-state index is 0.0494. The van der Waals surface area contributed by atoms with E-state index in [1.54, 1.807) is 11.3 Å². The number of rotatable bonds is 7. The van der Waals surface area contributed by atoms with E-state index in [1.165, 1.54) is 25.9 Å². The second-order valence-corrected chi connectivity index (χ2v) is 11.3. The van der Waals surface area contributed by atoms with Gasteiger partial charge in [0.2, 0.25) is 5.91 Å². The summed E-state index contributed by atoms with van der Waals surface area (Å²) in [6.45, 7) is 6.39. The van der Waals surface area contributed by atoms with E-state index >= 15 is 0 Å². The molecule has 1 aromatic heterocycles. The highest BCUT2D eigenvalue weighted by molar-refractivity contribution is 7.10. The third-order valence-corrected chi connectivity index (χ3v) is 8.85. The number of benzene rings is 1. The maximum Gasteiger partial charge on any atom is 0.254 e. The molecule has 6 heteroatoms. The molecule has 0 bridgehead atoms. The Morgan fingerprint density at radius 3 is 2.68 bits per heavy atom. The Balaban J connectivity index is 1.37. The molecule has 0 radical (unpaired) electrons. The quantitative estimate of drug-likeness (QED) is 0.555. The van der Waals surface area contributed by atoms with Gasteiger partial charge in [0.25, 0.3) is 5.91 Å². The van der Waals surface area contributed by atoms with Gasteiger partial charge in [-0.15, -0.1) is 11.3 Å². The number of amides is 2. The van der Waals surface area contributed by atoms with E-state index in [-0.39, 0.29) is 29.8 Å². The second kappa shape index (κ2) is 10.6. The molecule has 2 aliphatic heterocycles. The summed E-state index contributed by atoms with van der Waals surface area (Å²) in [7, 11) is 0. The molecule has 0 spiro atoms. The zero-order valence-corrected chi connectivity index (χ0v) is 21.1. The van der Waals surface area contributed by atoms with Gasteiger partial charge in [0.05, 0.1) is 12.0 Å². The summed E-state index contributed by atoms with van der Waals surface area (Å²) in [6.07, 6.45) is 7.92. The van der Waals surface area contributed by atoms with Gasteiger partial charge in [-0.05, 0) is 74.2 Å². The Hall–Kier alpha value is -2.18. The average molecular weight is 480 g/mol. The monoisotopic (exact) mass is 479 g/mol. The summed E-state index contributed by atoms with van der Waals surface area (Å²) in [5.74, 6) is 0.536. The van der Waals surface area contributed by atoms with Crippen LogP contribution in [0.1, 0.15) is 84.6 Å². The molecule has 3 unspecified atom stereocenters. The normalized spacial score (nSPS) is 26.0. The molecule has 1 aliphatic carbocycles. The summed E-state index contributed by atoms with van der Waals surface area (Å²) >= 11 is 1.66. The van der Waals surface area contributed by atoms with Gasteiger partial charge in [0.1, 0.15) is 0 Å². The zero-order valence-electron chi connectivity index (χ0n) is 20.2. The van der Waals surface area contributed by atoms with Crippen molar-refractivity contribution >= 4 is 23.2 Å². The maximum atomic E-state index is 13.8. The van der Waals surface area contributed by atoms with Crippen LogP contribution in [0, 0.1) is 5.92 Å². The molecule has 1 N–H and O–H groups in total. The van der Waals surface area contributed by atoms with Crippen LogP contribution in [-0.4, -0.2) is 53.8 Å². The van der Waals surface area contributed by atoms with E-state index in [9.17, 15) is 9.59 Å². The molecule has 1 aromatic carbocycles. The molecule has 3 atom stereocenters. The number of hydrogen-bond acceptors (Lipinski definition) is 4. The van der Waals surface area contributed by atoms with Gasteiger partial charge in [0, 0.05) is 29.6 Å². The molecular formula is C28H37N3O2S. The molecular weight excluding hydrogens is 442 g/mol. The van der Waals surface area contributed by atoms with E-state index in [1.807, 2.05) is 30.3 Å². The van der Waals surface area contributed by atoms with Crippen molar-refractivity contribution in [3.63, 3.8) is 0 Å². The Labute approximate surface area is 207 Å². The van der Waals surface area contributed by atoms with Crippen LogP contribution in [0.25, 0.3) is 0 Å². The molecule has 3 heterocycles. The van der Waals surface area contributed by atoms with E-state index in [2.05, 4.69) is 33.5 Å². The first-order chi connectivity index (χ1) is 16.6. The first-order valence-corrected chi connectivity index (χ1v) is 14.0. The number of piperidine rings is 1. The molecule has 3 aliphatic rings. The summed E-state index contributed by atoms with van der Waals surface area (Å²) in [6, 6.07) is 11.9. The first-order valence-electron chi connectivity index (χ1n) is 13.1. The fourth-order valence-electron chi connectivity index (χ4n) is 6.29. The number of fused-ring (bicyclic) bond motifs is 1. The number of carbonyl (C=O) groups is 2. The van der Waals surface area contributed by atoms with Crippen LogP contribution in [0.3, 0.4) is 0 Å². The predicted molar refractivity (Wildman–Crippen MR) is 137 cm³/mol. The van der Waals surface area contributed by atoms with Crippen LogP contribution in [0.2, 0.25) is 0 Å². The molecule has 2 aromatic rings. The van der Waals surface area contributed by atoms with Crippen LogP contribution in [0.5, 0.6) is 0 Å². The van der Waals surface area contributed by atoms with Crippen molar-refractivity contribution in [2.45, 2.75) is 69.9 Å². The van der Waals surface area contributed by atoms with E-state index < -0.39 is 0 Å². The molecule has 5 nitrogen and oxygen atoms in total. The molecule has 5 rings (SSSR count). The molecule has 182 valence electrons. The predicted octanol–water partition coefficient (Wildman–Crippen LogP) is 5.21. The largest absolute Gasteiger partial charge is 0.355 e. The van der Waals surface area contributed by atoms with Crippen LogP contribution < -0.4 is 5.32 Å². The molecule has 1 saturated carbocycles. The maximum absolute atomic E-state index is 13.8. The number of carbonyl (C=O) groups excluding carboxylic acids is 2. The van der Waals surface area contributed by atoms with Gasteiger partial charge in [0.15, 0.2) is 0 Å². The summed E-state index contributed by atoms with van der Waals surface area (Å²) in [5, 5.41) is 5.32. The summed E-state index contributed by atoms with van der Waals surface area (Å²) in [5.41, 5.74) is 1.58. The van der Waals surface area contributed by atoms with Gasteiger partial charge >= 0.3 is 0 Å². The highest BCUT2D eigenvalue weighted by atomic mass is 32.1. The molecule has 1 saturated heterocycles. The lowest BCUT2D eigenvalue weighted by Crippen LogP contribution is -2.50. The lowest BCUT2D eigenvalue weighted by Gasteiger charge is -2.44. The standard InChI is InChI=1S/C28H37N3O2S/c1-20-9-6-16-30(19-20)17-8-15-29-27(32)25-22-12-4-5-13-23(22)28(33)31(21-10-2-3-11-21)26(25)24-14-7-18-34-24/h4-5,7,12-14,18,20-21,25-26H,2-3,6,8-11,15-17,19H2,1H3,(H,29,32). The van der Waals surface area contributed by atoms with Crippen LogP contribution in [0.15, 0.2) is 41.8 Å². The van der Waals surface area contributed by atoms with E-state index in [0.29, 0.717) is 12.1 Å². The van der Waals surface area contributed by atoms with Gasteiger partial charge in [-0.2, -0.15) is 0 Å². The number of nitrogens with zero attached hydrogens (tertiary/aromatic N) is 2. The zero-order chi connectivity index (χ0) is 23.5. The van der Waals surface area contributed by atoms with Crippen LogP contribution in [-0.2, 0) is 4.79 Å². The smallest absolute Gasteiger partial charge is 0.254 e. The fourth-order valence-corrected chi connectivity index (χ4v) is 7.15. The van der Waals surface area contributed by atoms with E-state index in [0.717, 1.165) is 55.0 Å². The van der Waals surface area contributed by atoms with Gasteiger partial charge in [-0.3, -0.25) is 9.59 Å². The molecule has 2 amide bonds. The van der Waals surface area contributed by atoms with Gasteiger partial charge in [-0.1, -0.05) is 44.0 Å². The Bertz CT molecular complexity index is 985. The third kappa shape index (κ3) is 4.80. The number of nitrogens with one attached hydrogen (secondary N) is 1. The first kappa shape index (κ1) is 23.6. The minimum atomic E-state index is -0.372. The highest BCUT2D eigenvalue weighted by Crippen LogP contribution is 2.47. The van der Waals surface area contributed by atoms with Gasteiger partial charge < -0.3 is 15.1 Å². The Morgan fingerprint density at radius 1 is 1.09 bits per heavy atom. The number of likely N-dealkylation sites (tertiary alicyclic amines) is 1. The van der Waals surface area contributed by atoms with Gasteiger partial charge in [-0.25, -0.2) is 0 Å². The summed E-state index contributed by atoms with van der Waals surface area (Å²) in [4.78, 5) is 33.2. The Kier molecular flexibility index (Phi) is 7.35. The molecule has 2 fully saturated rings. The van der Waals surface area contributed by atoms with Crippen molar-refractivity contribution in [1.82, 2.24) is 15.1 Å². The highest BCUT2D eigenvalue weighted by Gasteiger charge is 2.47. The topological polar surface area (TPSA) is 52.7 Å². The summed E-state index contributed by atoms with van der Waals surface area (Å²) < 4.78 is 0. The van der Waals surface area contributed by atoms with Crippen molar-refractivity contribution in [1.29, 1.82) is 0 Å². The van der Waals surface area contributed by atoms with Crippen molar-refractivity contribution in [2.24, 2.45) is 5.92 Å². The average Bonchev–Trinajstić information content (AvgIpc) is 3.56. The number of hydrogen-bond donors (Lipinski definition) is 1. The van der Waals surface area contributed by atoms with Crippen molar-refractivity contribution in [3.05, 3.63) is 57.8 Å². The number of thiophene rings is 1. The minimum Gasteiger partial charge on any atom is -0.355 e. The third-order valence-electron chi connectivity index (χ3n) is 7.90. The van der Waals surface area contributed by atoms with Crippen molar-refractivity contribution in [2.75, 3.05) is 26.2 Å². The van der Waals surface area contributed by atoms with E-state index in [4.69, 9.17) is 0 Å². The molecule has 34 heavy (non-hydrogen) atoms. The SMILES string of the molecule is CC1CCCN(CCCNC(=O)C2c3ccccc3C(=O)N(C3CCCC3)C2c2cccs2)C1. The van der Waals surface area contributed by atoms with Crippen molar-refractivity contribution in [3.8, 4) is 0 Å². The fraction of sp³-hybridized carbons (Fsp3) is 0.571. The van der Waals surface area contributed by atoms with Crippen LogP contribution >= 0.6 is 11.3 Å².